The van der Waals surface area contributed by atoms with E-state index >= 15 is 0 Å². The summed E-state index contributed by atoms with van der Waals surface area (Å²) >= 11 is 1.08. The van der Waals surface area contributed by atoms with Crippen molar-refractivity contribution in [3.63, 3.8) is 0 Å². The number of ether oxygens (including phenoxy) is 3. The van der Waals surface area contributed by atoms with Crippen molar-refractivity contribution in [2.45, 2.75) is 13.8 Å². The van der Waals surface area contributed by atoms with Gasteiger partial charge < -0.3 is 14.2 Å². The van der Waals surface area contributed by atoms with Crippen LogP contribution < -0.4 is 14.8 Å². The number of carbonyl (C=O) groups is 2. The molecule has 0 spiro atoms. The number of nitrogens with zero attached hydrogens (tertiary/aromatic N) is 1. The fraction of sp³-hybridized carbons (Fsp3) is 0.278. The highest BCUT2D eigenvalue weighted by Gasteiger charge is 2.17. The van der Waals surface area contributed by atoms with Crippen molar-refractivity contribution in [3.05, 3.63) is 40.4 Å². The fourth-order valence-electron chi connectivity index (χ4n) is 2.12. The lowest BCUT2D eigenvalue weighted by atomic mass is 10.1. The molecule has 0 saturated heterocycles. The Hall–Kier alpha value is -2.87. The van der Waals surface area contributed by atoms with Gasteiger partial charge in [0.15, 0.2) is 5.13 Å². The summed E-state index contributed by atoms with van der Waals surface area (Å²) in [7, 11) is 3.11. The number of amides is 1. The molecule has 0 aliphatic carbocycles. The smallest absolute Gasteiger partial charge is 0.350 e. The van der Waals surface area contributed by atoms with Gasteiger partial charge in [0, 0.05) is 11.6 Å². The van der Waals surface area contributed by atoms with E-state index in [1.165, 1.54) is 6.08 Å². The molecular formula is C18H20N2O5S. The van der Waals surface area contributed by atoms with E-state index in [1.54, 1.807) is 52.3 Å². The van der Waals surface area contributed by atoms with Gasteiger partial charge in [0.2, 0.25) is 5.91 Å². The van der Waals surface area contributed by atoms with Crippen molar-refractivity contribution in [1.82, 2.24) is 4.98 Å². The predicted octanol–water partition coefficient (Wildman–Crippen LogP) is 3.30. The first kappa shape index (κ1) is 19.5. The summed E-state index contributed by atoms with van der Waals surface area (Å²) in [5.41, 5.74) is 1.21. The zero-order valence-corrected chi connectivity index (χ0v) is 15.8. The van der Waals surface area contributed by atoms with E-state index in [0.717, 1.165) is 11.3 Å². The molecule has 7 nitrogen and oxygen atoms in total. The molecule has 138 valence electrons. The lowest BCUT2D eigenvalue weighted by molar-refractivity contribution is -0.111. The van der Waals surface area contributed by atoms with Gasteiger partial charge in [-0.3, -0.25) is 10.1 Å². The molecule has 1 aromatic heterocycles. The van der Waals surface area contributed by atoms with Crippen LogP contribution in [0.15, 0.2) is 24.3 Å². The number of aryl methyl sites for hydroxylation is 1. The molecule has 8 heteroatoms. The van der Waals surface area contributed by atoms with Crippen LogP contribution in [0.3, 0.4) is 0 Å². The molecule has 0 aliphatic rings. The molecule has 0 atom stereocenters. The number of aromatic nitrogens is 1. The Morgan fingerprint density at radius 1 is 1.27 bits per heavy atom. The van der Waals surface area contributed by atoms with Crippen molar-refractivity contribution < 1.29 is 23.8 Å². The first-order chi connectivity index (χ1) is 12.5. The van der Waals surface area contributed by atoms with Crippen LogP contribution in [-0.4, -0.2) is 37.7 Å². The van der Waals surface area contributed by atoms with E-state index in [0.29, 0.717) is 32.8 Å². The number of esters is 1. The number of hydrogen-bond donors (Lipinski definition) is 1. The molecule has 2 aromatic rings. The summed E-state index contributed by atoms with van der Waals surface area (Å²) in [5, 5.41) is 2.97. The minimum atomic E-state index is -0.445. The predicted molar refractivity (Wildman–Crippen MR) is 100 cm³/mol. The molecule has 1 N–H and O–H groups in total. The summed E-state index contributed by atoms with van der Waals surface area (Å²) in [4.78, 5) is 28.5. The number of methoxy groups -OCH3 is 2. The van der Waals surface area contributed by atoms with E-state index in [4.69, 9.17) is 14.2 Å². The Labute approximate surface area is 155 Å². The Bertz CT molecular complexity index is 829. The van der Waals surface area contributed by atoms with Crippen molar-refractivity contribution >= 4 is 34.4 Å². The van der Waals surface area contributed by atoms with Crippen molar-refractivity contribution in [3.8, 4) is 11.5 Å². The van der Waals surface area contributed by atoms with Crippen LogP contribution in [0.25, 0.3) is 6.08 Å². The zero-order valence-electron chi connectivity index (χ0n) is 15.0. The van der Waals surface area contributed by atoms with Crippen molar-refractivity contribution in [2.75, 3.05) is 26.1 Å². The largest absolute Gasteiger partial charge is 0.497 e. The Morgan fingerprint density at radius 2 is 2.04 bits per heavy atom. The molecular weight excluding hydrogens is 356 g/mol. The third-order valence-electron chi connectivity index (χ3n) is 3.34. The highest BCUT2D eigenvalue weighted by atomic mass is 32.1. The SMILES string of the molecule is CCOC(=O)c1sc(NC(=O)/C=C/c2cc(OC)ccc2OC)nc1C. The van der Waals surface area contributed by atoms with Crippen LogP contribution in [0, 0.1) is 6.92 Å². The number of thiazole rings is 1. The van der Waals surface area contributed by atoms with Crippen LogP contribution in [0.1, 0.15) is 27.9 Å². The number of rotatable bonds is 7. The second-order valence-corrected chi connectivity index (χ2v) is 6.08. The van der Waals surface area contributed by atoms with Crippen LogP contribution in [0.5, 0.6) is 11.5 Å². The quantitative estimate of drug-likeness (QED) is 0.589. The molecule has 0 fully saturated rings. The standard InChI is InChI=1S/C18H20N2O5S/c1-5-25-17(22)16-11(2)19-18(26-16)20-15(21)9-6-12-10-13(23-3)7-8-14(12)24-4/h6-10H,5H2,1-4H3,(H,19,20,21)/b9-6+. The first-order valence-corrected chi connectivity index (χ1v) is 8.65. The van der Waals surface area contributed by atoms with Gasteiger partial charge in [-0.1, -0.05) is 11.3 Å². The van der Waals surface area contributed by atoms with Gasteiger partial charge in [0.25, 0.3) is 0 Å². The number of carbonyl (C=O) groups excluding carboxylic acids is 2. The van der Waals surface area contributed by atoms with E-state index in [1.807, 2.05) is 0 Å². The van der Waals surface area contributed by atoms with E-state index < -0.39 is 5.97 Å². The molecule has 0 aliphatic heterocycles. The summed E-state index contributed by atoms with van der Waals surface area (Å²) in [5.74, 6) is 0.448. The average Bonchev–Trinajstić information content (AvgIpc) is 3.00. The fourth-order valence-corrected chi connectivity index (χ4v) is 2.98. The number of nitrogens with one attached hydrogen (secondary N) is 1. The van der Waals surface area contributed by atoms with E-state index in [-0.39, 0.29) is 12.5 Å². The van der Waals surface area contributed by atoms with E-state index in [2.05, 4.69) is 10.3 Å². The van der Waals surface area contributed by atoms with Crippen LogP contribution >= 0.6 is 11.3 Å². The summed E-state index contributed by atoms with van der Waals surface area (Å²) in [6.45, 7) is 3.70. The number of anilines is 1. The molecule has 1 heterocycles. The highest BCUT2D eigenvalue weighted by Crippen LogP contribution is 2.26. The number of benzene rings is 1. The monoisotopic (exact) mass is 376 g/mol. The summed E-state index contributed by atoms with van der Waals surface area (Å²) in [6.07, 6.45) is 2.97. The van der Waals surface area contributed by atoms with Crippen molar-refractivity contribution in [2.24, 2.45) is 0 Å². The van der Waals surface area contributed by atoms with Gasteiger partial charge in [0.1, 0.15) is 16.4 Å². The molecule has 1 aromatic carbocycles. The topological polar surface area (TPSA) is 86.8 Å². The third-order valence-corrected chi connectivity index (χ3v) is 4.39. The summed E-state index contributed by atoms with van der Waals surface area (Å²) < 4.78 is 15.4. The maximum absolute atomic E-state index is 12.1. The normalized spacial score (nSPS) is 10.6. The molecule has 0 radical (unpaired) electrons. The Balaban J connectivity index is 2.11. The van der Waals surface area contributed by atoms with Crippen LogP contribution in [-0.2, 0) is 9.53 Å². The third kappa shape index (κ3) is 4.82. The highest BCUT2D eigenvalue weighted by molar-refractivity contribution is 7.17. The second kappa shape index (κ2) is 9.00. The second-order valence-electron chi connectivity index (χ2n) is 5.08. The van der Waals surface area contributed by atoms with Gasteiger partial charge in [-0.2, -0.15) is 0 Å². The van der Waals surface area contributed by atoms with Gasteiger partial charge in [-0.25, -0.2) is 9.78 Å². The van der Waals surface area contributed by atoms with Crippen molar-refractivity contribution in [1.29, 1.82) is 0 Å². The average molecular weight is 376 g/mol. The zero-order chi connectivity index (χ0) is 19.1. The molecule has 0 saturated carbocycles. The number of hydrogen-bond acceptors (Lipinski definition) is 7. The van der Waals surface area contributed by atoms with Gasteiger partial charge in [-0.05, 0) is 38.1 Å². The lowest BCUT2D eigenvalue weighted by Crippen LogP contribution is -2.07. The minimum Gasteiger partial charge on any atom is -0.497 e. The lowest BCUT2D eigenvalue weighted by Gasteiger charge is -2.07. The van der Waals surface area contributed by atoms with Crippen LogP contribution in [0.2, 0.25) is 0 Å². The molecule has 1 amide bonds. The minimum absolute atomic E-state index is 0.281. The van der Waals surface area contributed by atoms with Crippen LogP contribution in [0.4, 0.5) is 5.13 Å². The van der Waals surface area contributed by atoms with E-state index in [9.17, 15) is 9.59 Å². The molecule has 0 bridgehead atoms. The first-order valence-electron chi connectivity index (χ1n) is 7.84. The molecule has 26 heavy (non-hydrogen) atoms. The Kier molecular flexibility index (Phi) is 6.74. The molecule has 0 unspecified atom stereocenters. The van der Waals surface area contributed by atoms with Gasteiger partial charge in [-0.15, -0.1) is 0 Å². The van der Waals surface area contributed by atoms with Gasteiger partial charge in [0.05, 0.1) is 26.5 Å². The summed E-state index contributed by atoms with van der Waals surface area (Å²) in [6, 6.07) is 5.28. The molecule has 2 rings (SSSR count). The maximum atomic E-state index is 12.1. The Morgan fingerprint density at radius 3 is 2.69 bits per heavy atom. The van der Waals surface area contributed by atoms with Gasteiger partial charge >= 0.3 is 5.97 Å². The maximum Gasteiger partial charge on any atom is 0.350 e.